The standard InChI is InChI=1S/C15H20N4O2/c1-3-21-10-13-9-19(15(20)11-4-5-16-6-11)8-12-7-18(2)17-14(12)13/h4-7,13,16H,3,8-10H2,1-2H3. The Hall–Kier alpha value is -2.08. The largest absolute Gasteiger partial charge is 0.381 e. The molecule has 21 heavy (non-hydrogen) atoms. The van der Waals surface area contributed by atoms with Gasteiger partial charge in [-0.05, 0) is 13.0 Å². The number of ether oxygens (including phenoxy) is 1. The summed E-state index contributed by atoms with van der Waals surface area (Å²) in [6.07, 6.45) is 5.49. The third-order valence-electron chi connectivity index (χ3n) is 3.78. The molecule has 1 unspecified atom stereocenters. The number of H-pyrrole nitrogens is 1. The molecule has 3 heterocycles. The van der Waals surface area contributed by atoms with E-state index in [1.165, 1.54) is 0 Å². The van der Waals surface area contributed by atoms with Gasteiger partial charge in [-0.1, -0.05) is 0 Å². The molecule has 112 valence electrons. The number of carbonyl (C=O) groups excluding carboxylic acids is 1. The molecule has 1 aliphatic rings. The van der Waals surface area contributed by atoms with Crippen molar-refractivity contribution in [3.63, 3.8) is 0 Å². The number of aryl methyl sites for hydroxylation is 1. The average Bonchev–Trinajstić information content (AvgIpc) is 3.11. The summed E-state index contributed by atoms with van der Waals surface area (Å²) in [6, 6.07) is 1.80. The predicted molar refractivity (Wildman–Crippen MR) is 78.0 cm³/mol. The molecule has 1 atom stereocenters. The van der Waals surface area contributed by atoms with Crippen LogP contribution in [0.5, 0.6) is 0 Å². The van der Waals surface area contributed by atoms with Crippen LogP contribution in [0.3, 0.4) is 0 Å². The first-order chi connectivity index (χ1) is 10.2. The summed E-state index contributed by atoms with van der Waals surface area (Å²) in [5.41, 5.74) is 2.86. The van der Waals surface area contributed by atoms with E-state index in [2.05, 4.69) is 10.1 Å². The molecule has 2 aromatic rings. The maximum atomic E-state index is 12.5. The van der Waals surface area contributed by atoms with Gasteiger partial charge in [0.05, 0.1) is 17.9 Å². The van der Waals surface area contributed by atoms with Crippen LogP contribution in [0.25, 0.3) is 0 Å². The molecule has 0 aliphatic carbocycles. The molecule has 0 fully saturated rings. The van der Waals surface area contributed by atoms with Gasteiger partial charge in [-0.15, -0.1) is 0 Å². The van der Waals surface area contributed by atoms with E-state index in [9.17, 15) is 4.79 Å². The van der Waals surface area contributed by atoms with Crippen molar-refractivity contribution < 1.29 is 9.53 Å². The van der Waals surface area contributed by atoms with Crippen molar-refractivity contribution in [2.24, 2.45) is 7.05 Å². The van der Waals surface area contributed by atoms with Crippen molar-refractivity contribution in [1.82, 2.24) is 19.7 Å². The van der Waals surface area contributed by atoms with Crippen molar-refractivity contribution in [2.45, 2.75) is 19.4 Å². The highest BCUT2D eigenvalue weighted by Gasteiger charge is 2.31. The molecule has 0 saturated heterocycles. The zero-order valence-corrected chi connectivity index (χ0v) is 12.4. The quantitative estimate of drug-likeness (QED) is 0.928. The normalized spacial score (nSPS) is 17.8. The van der Waals surface area contributed by atoms with Crippen molar-refractivity contribution in [2.75, 3.05) is 19.8 Å². The highest BCUT2D eigenvalue weighted by atomic mass is 16.5. The molecular formula is C15H20N4O2. The van der Waals surface area contributed by atoms with Crippen molar-refractivity contribution in [3.8, 4) is 0 Å². The highest BCUT2D eigenvalue weighted by Crippen LogP contribution is 2.28. The minimum Gasteiger partial charge on any atom is -0.381 e. The van der Waals surface area contributed by atoms with Gasteiger partial charge in [0.15, 0.2) is 0 Å². The van der Waals surface area contributed by atoms with E-state index in [-0.39, 0.29) is 11.8 Å². The first kappa shape index (κ1) is 13.9. The van der Waals surface area contributed by atoms with Gasteiger partial charge >= 0.3 is 0 Å². The molecule has 1 amide bonds. The summed E-state index contributed by atoms with van der Waals surface area (Å²) < 4.78 is 7.38. The van der Waals surface area contributed by atoms with Crippen LogP contribution in [0.4, 0.5) is 0 Å². The third kappa shape index (κ3) is 2.71. The smallest absolute Gasteiger partial charge is 0.255 e. The van der Waals surface area contributed by atoms with E-state index in [0.29, 0.717) is 31.9 Å². The molecule has 6 heteroatoms. The molecule has 2 aromatic heterocycles. The first-order valence-electron chi connectivity index (χ1n) is 7.21. The number of nitrogens with one attached hydrogen (secondary N) is 1. The Morgan fingerprint density at radius 3 is 3.14 bits per heavy atom. The molecule has 3 rings (SSSR count). The van der Waals surface area contributed by atoms with Crippen LogP contribution in [0.15, 0.2) is 24.7 Å². The number of carbonyl (C=O) groups is 1. The number of fused-ring (bicyclic) bond motifs is 1. The molecule has 0 bridgehead atoms. The third-order valence-corrected chi connectivity index (χ3v) is 3.78. The Morgan fingerprint density at radius 2 is 2.43 bits per heavy atom. The Bertz CT molecular complexity index is 618. The van der Waals surface area contributed by atoms with E-state index >= 15 is 0 Å². The summed E-state index contributed by atoms with van der Waals surface area (Å²) in [7, 11) is 1.91. The number of hydrogen-bond acceptors (Lipinski definition) is 3. The number of aromatic amines is 1. The van der Waals surface area contributed by atoms with Gasteiger partial charge in [0, 0.05) is 56.8 Å². The SMILES string of the molecule is CCOCC1CN(C(=O)c2cc[nH]c2)Cc2cn(C)nc21. The second-order valence-corrected chi connectivity index (χ2v) is 5.35. The second kappa shape index (κ2) is 5.73. The maximum Gasteiger partial charge on any atom is 0.255 e. The summed E-state index contributed by atoms with van der Waals surface area (Å²) >= 11 is 0. The van der Waals surface area contributed by atoms with Gasteiger partial charge in [-0.25, -0.2) is 0 Å². The molecular weight excluding hydrogens is 268 g/mol. The number of nitrogens with zero attached hydrogens (tertiary/aromatic N) is 3. The topological polar surface area (TPSA) is 63.1 Å². The van der Waals surface area contributed by atoms with Crippen molar-refractivity contribution >= 4 is 5.91 Å². The van der Waals surface area contributed by atoms with Crippen molar-refractivity contribution in [3.05, 3.63) is 41.5 Å². The van der Waals surface area contributed by atoms with Gasteiger partial charge in [-0.3, -0.25) is 9.48 Å². The molecule has 0 spiro atoms. The van der Waals surface area contributed by atoms with Gasteiger partial charge in [0.25, 0.3) is 5.91 Å². The Balaban J connectivity index is 1.84. The lowest BCUT2D eigenvalue weighted by atomic mass is 9.97. The second-order valence-electron chi connectivity index (χ2n) is 5.35. The predicted octanol–water partition coefficient (Wildman–Crippen LogP) is 1.52. The van der Waals surface area contributed by atoms with Crippen molar-refractivity contribution in [1.29, 1.82) is 0 Å². The van der Waals surface area contributed by atoms with Crippen LogP contribution in [-0.4, -0.2) is 45.3 Å². The lowest BCUT2D eigenvalue weighted by molar-refractivity contribution is 0.0652. The van der Waals surface area contributed by atoms with Gasteiger partial charge in [-0.2, -0.15) is 5.10 Å². The van der Waals surface area contributed by atoms with E-state index in [1.807, 2.05) is 29.7 Å². The fraction of sp³-hybridized carbons (Fsp3) is 0.467. The van der Waals surface area contributed by atoms with Crippen LogP contribution >= 0.6 is 0 Å². The number of amides is 1. The molecule has 0 aromatic carbocycles. The molecule has 1 aliphatic heterocycles. The van der Waals surface area contributed by atoms with E-state index in [1.54, 1.807) is 18.5 Å². The van der Waals surface area contributed by atoms with Crippen LogP contribution < -0.4 is 0 Å². The fourth-order valence-electron chi connectivity index (χ4n) is 2.83. The van der Waals surface area contributed by atoms with Gasteiger partial charge in [0.2, 0.25) is 0 Å². The highest BCUT2D eigenvalue weighted by molar-refractivity contribution is 5.94. The maximum absolute atomic E-state index is 12.5. The molecule has 1 N–H and O–H groups in total. The number of hydrogen-bond donors (Lipinski definition) is 1. The summed E-state index contributed by atoms with van der Waals surface area (Å²) in [5.74, 6) is 0.185. The van der Waals surface area contributed by atoms with Crippen LogP contribution in [0.2, 0.25) is 0 Å². The number of aromatic nitrogens is 3. The van der Waals surface area contributed by atoms with Gasteiger partial charge < -0.3 is 14.6 Å². The Kier molecular flexibility index (Phi) is 3.79. The van der Waals surface area contributed by atoms with E-state index in [0.717, 1.165) is 11.3 Å². The minimum atomic E-state index is 0.0484. The number of rotatable bonds is 4. The summed E-state index contributed by atoms with van der Waals surface area (Å²) in [4.78, 5) is 17.3. The molecule has 6 nitrogen and oxygen atoms in total. The lowest BCUT2D eigenvalue weighted by Gasteiger charge is -2.31. The molecule has 0 radical (unpaired) electrons. The fourth-order valence-corrected chi connectivity index (χ4v) is 2.83. The Labute approximate surface area is 123 Å². The summed E-state index contributed by atoms with van der Waals surface area (Å²) in [5, 5.41) is 4.53. The van der Waals surface area contributed by atoms with Gasteiger partial charge in [0.1, 0.15) is 0 Å². The zero-order valence-electron chi connectivity index (χ0n) is 12.4. The van der Waals surface area contributed by atoms with E-state index in [4.69, 9.17) is 4.74 Å². The summed E-state index contributed by atoms with van der Waals surface area (Å²) in [6.45, 7) is 4.50. The zero-order chi connectivity index (χ0) is 14.8. The lowest BCUT2D eigenvalue weighted by Crippen LogP contribution is -2.39. The average molecular weight is 288 g/mol. The van der Waals surface area contributed by atoms with Crippen LogP contribution in [-0.2, 0) is 18.3 Å². The Morgan fingerprint density at radius 1 is 1.57 bits per heavy atom. The first-order valence-corrected chi connectivity index (χ1v) is 7.21. The van der Waals surface area contributed by atoms with E-state index < -0.39 is 0 Å². The van der Waals surface area contributed by atoms with Crippen LogP contribution in [0.1, 0.15) is 34.5 Å². The molecule has 0 saturated carbocycles. The minimum absolute atomic E-state index is 0.0484. The monoisotopic (exact) mass is 288 g/mol. The van der Waals surface area contributed by atoms with Crippen LogP contribution in [0, 0.1) is 0 Å².